The topological polar surface area (TPSA) is 91.7 Å². The van der Waals surface area contributed by atoms with Crippen LogP contribution in [0.15, 0.2) is 12.1 Å². The van der Waals surface area contributed by atoms with E-state index in [-0.39, 0.29) is 13.0 Å². The van der Waals surface area contributed by atoms with Gasteiger partial charge in [-0.3, -0.25) is 4.98 Å². The number of hydrogen-bond acceptors (Lipinski definition) is 5. The number of alkyl carbamates (subject to hydrolysis) is 1. The highest BCUT2D eigenvalue weighted by Crippen LogP contribution is 2.20. The van der Waals surface area contributed by atoms with E-state index >= 15 is 0 Å². The van der Waals surface area contributed by atoms with Gasteiger partial charge < -0.3 is 20.3 Å². The molecule has 2 unspecified atom stereocenters. The van der Waals surface area contributed by atoms with Crippen LogP contribution in [0.1, 0.15) is 50.2 Å². The van der Waals surface area contributed by atoms with E-state index in [9.17, 15) is 15.0 Å². The smallest absolute Gasteiger partial charge is 0.407 e. The summed E-state index contributed by atoms with van der Waals surface area (Å²) in [5, 5.41) is 22.8. The molecule has 0 fully saturated rings. The first kappa shape index (κ1) is 18.4. The number of nitrogens with zero attached hydrogens (tertiary/aromatic N) is 1. The predicted octanol–water partition coefficient (Wildman–Crippen LogP) is 2.01. The Hall–Kier alpha value is -1.66. The second-order valence-corrected chi connectivity index (χ2v) is 6.41. The zero-order valence-electron chi connectivity index (χ0n) is 13.9. The van der Waals surface area contributed by atoms with Gasteiger partial charge in [0.05, 0.1) is 6.10 Å². The van der Waals surface area contributed by atoms with Crippen LogP contribution in [0.2, 0.25) is 0 Å². The number of aliphatic hydroxyl groups is 2. The normalized spacial score (nSPS) is 14.3. The van der Waals surface area contributed by atoms with Crippen LogP contribution in [0.3, 0.4) is 0 Å². The zero-order valence-corrected chi connectivity index (χ0v) is 13.9. The van der Waals surface area contributed by atoms with Gasteiger partial charge in [-0.05, 0) is 58.7 Å². The molecular weight excluding hydrogens is 284 g/mol. The predicted molar refractivity (Wildman–Crippen MR) is 83.5 cm³/mol. The van der Waals surface area contributed by atoms with Crippen molar-refractivity contribution in [1.82, 2.24) is 10.3 Å². The van der Waals surface area contributed by atoms with Crippen molar-refractivity contribution in [3.05, 3.63) is 29.1 Å². The number of nitrogens with one attached hydrogen (secondary N) is 1. The Morgan fingerprint density at radius 3 is 2.32 bits per heavy atom. The van der Waals surface area contributed by atoms with Crippen molar-refractivity contribution in [2.75, 3.05) is 6.54 Å². The van der Waals surface area contributed by atoms with E-state index in [0.717, 1.165) is 11.4 Å². The van der Waals surface area contributed by atoms with E-state index in [1.807, 2.05) is 13.8 Å². The van der Waals surface area contributed by atoms with Gasteiger partial charge >= 0.3 is 6.09 Å². The van der Waals surface area contributed by atoms with Gasteiger partial charge in [0.15, 0.2) is 0 Å². The minimum atomic E-state index is -1.01. The van der Waals surface area contributed by atoms with Crippen LogP contribution in [0, 0.1) is 13.8 Å². The molecule has 0 aliphatic carbocycles. The lowest BCUT2D eigenvalue weighted by Crippen LogP contribution is -2.34. The number of carbonyl (C=O) groups is 1. The lowest BCUT2D eigenvalue weighted by Gasteiger charge is -2.21. The standard InChI is InChI=1S/C16H26N2O4/c1-10-8-12(9-11(2)18-10)14(20)13(19)6-7-17-15(21)22-16(3,4)5/h8-9,13-14,19-20H,6-7H2,1-5H3,(H,17,21). The number of amides is 1. The van der Waals surface area contributed by atoms with Crippen LogP contribution in [-0.2, 0) is 4.74 Å². The maximum atomic E-state index is 11.5. The summed E-state index contributed by atoms with van der Waals surface area (Å²) in [7, 11) is 0. The maximum Gasteiger partial charge on any atom is 0.407 e. The Bertz CT molecular complexity index is 491. The summed E-state index contributed by atoms with van der Waals surface area (Å²) in [4.78, 5) is 15.7. The molecular formula is C16H26N2O4. The molecule has 22 heavy (non-hydrogen) atoms. The summed E-state index contributed by atoms with van der Waals surface area (Å²) in [6, 6.07) is 3.48. The SMILES string of the molecule is Cc1cc(C(O)C(O)CCNC(=O)OC(C)(C)C)cc(C)n1. The molecule has 0 radical (unpaired) electrons. The summed E-state index contributed by atoms with van der Waals surface area (Å²) in [6.45, 7) is 9.22. The third kappa shape index (κ3) is 6.41. The average Bonchev–Trinajstić information content (AvgIpc) is 2.34. The lowest BCUT2D eigenvalue weighted by molar-refractivity contribution is 0.0122. The highest BCUT2D eigenvalue weighted by atomic mass is 16.6. The van der Waals surface area contributed by atoms with Gasteiger partial charge in [-0.15, -0.1) is 0 Å². The van der Waals surface area contributed by atoms with E-state index in [1.165, 1.54) is 0 Å². The lowest BCUT2D eigenvalue weighted by atomic mass is 10.0. The van der Waals surface area contributed by atoms with Gasteiger partial charge in [-0.2, -0.15) is 0 Å². The van der Waals surface area contributed by atoms with Gasteiger partial charge in [0, 0.05) is 17.9 Å². The summed E-state index contributed by atoms with van der Waals surface area (Å²) < 4.78 is 5.09. The fourth-order valence-corrected chi connectivity index (χ4v) is 2.05. The van der Waals surface area contributed by atoms with E-state index in [4.69, 9.17) is 4.74 Å². The number of aromatic nitrogens is 1. The van der Waals surface area contributed by atoms with Gasteiger partial charge in [-0.25, -0.2) is 4.79 Å². The molecule has 3 N–H and O–H groups in total. The number of rotatable bonds is 5. The molecule has 1 amide bonds. The first-order valence-electron chi connectivity index (χ1n) is 7.36. The van der Waals surface area contributed by atoms with E-state index in [1.54, 1.807) is 32.9 Å². The van der Waals surface area contributed by atoms with Crippen LogP contribution >= 0.6 is 0 Å². The highest BCUT2D eigenvalue weighted by molar-refractivity contribution is 5.67. The molecule has 1 aromatic rings. The molecule has 1 aromatic heterocycles. The number of carbonyl (C=O) groups excluding carboxylic acids is 1. The fourth-order valence-electron chi connectivity index (χ4n) is 2.05. The molecule has 1 heterocycles. The second kappa shape index (κ2) is 7.56. The fraction of sp³-hybridized carbons (Fsp3) is 0.625. The minimum absolute atomic E-state index is 0.218. The Kier molecular flexibility index (Phi) is 6.32. The number of hydrogen-bond donors (Lipinski definition) is 3. The van der Waals surface area contributed by atoms with Crippen molar-refractivity contribution in [2.45, 2.75) is 58.8 Å². The third-order valence-electron chi connectivity index (χ3n) is 2.92. The van der Waals surface area contributed by atoms with Crippen LogP contribution in [0.4, 0.5) is 4.79 Å². The maximum absolute atomic E-state index is 11.5. The molecule has 0 saturated carbocycles. The van der Waals surface area contributed by atoms with Crippen LogP contribution in [-0.4, -0.2) is 39.5 Å². The minimum Gasteiger partial charge on any atom is -0.444 e. The molecule has 2 atom stereocenters. The summed E-state index contributed by atoms with van der Waals surface area (Å²) in [6.07, 6.45) is -2.30. The molecule has 0 aliphatic rings. The highest BCUT2D eigenvalue weighted by Gasteiger charge is 2.20. The Morgan fingerprint density at radius 2 is 1.82 bits per heavy atom. The van der Waals surface area contributed by atoms with Gasteiger partial charge in [0.1, 0.15) is 11.7 Å². The first-order chi connectivity index (χ1) is 10.1. The number of pyridine rings is 1. The van der Waals surface area contributed by atoms with Crippen molar-refractivity contribution in [2.24, 2.45) is 0 Å². The quantitative estimate of drug-likeness (QED) is 0.774. The van der Waals surface area contributed by atoms with Crippen molar-refractivity contribution in [3.63, 3.8) is 0 Å². The molecule has 1 rings (SSSR count). The molecule has 0 saturated heterocycles. The molecule has 0 aromatic carbocycles. The number of ether oxygens (including phenoxy) is 1. The van der Waals surface area contributed by atoms with Crippen molar-refractivity contribution in [3.8, 4) is 0 Å². The molecule has 0 bridgehead atoms. The van der Waals surface area contributed by atoms with Crippen molar-refractivity contribution in [1.29, 1.82) is 0 Å². The Balaban J connectivity index is 2.48. The van der Waals surface area contributed by atoms with Crippen molar-refractivity contribution >= 4 is 6.09 Å². The second-order valence-electron chi connectivity index (χ2n) is 6.41. The largest absolute Gasteiger partial charge is 0.444 e. The number of aryl methyl sites for hydroxylation is 2. The first-order valence-corrected chi connectivity index (χ1v) is 7.36. The van der Waals surface area contributed by atoms with E-state index in [2.05, 4.69) is 10.3 Å². The molecule has 6 nitrogen and oxygen atoms in total. The molecule has 0 spiro atoms. The summed E-state index contributed by atoms with van der Waals surface area (Å²) in [5.74, 6) is 0. The van der Waals surface area contributed by atoms with Gasteiger partial charge in [0.2, 0.25) is 0 Å². The van der Waals surface area contributed by atoms with Gasteiger partial charge in [0.25, 0.3) is 0 Å². The molecule has 6 heteroatoms. The Labute approximate surface area is 131 Å². The average molecular weight is 310 g/mol. The van der Waals surface area contributed by atoms with Gasteiger partial charge in [-0.1, -0.05) is 0 Å². The number of aliphatic hydroxyl groups excluding tert-OH is 2. The summed E-state index contributed by atoms with van der Waals surface area (Å²) >= 11 is 0. The van der Waals surface area contributed by atoms with E-state index in [0.29, 0.717) is 5.56 Å². The van der Waals surface area contributed by atoms with Crippen LogP contribution in [0.25, 0.3) is 0 Å². The molecule has 0 aliphatic heterocycles. The third-order valence-corrected chi connectivity index (χ3v) is 2.92. The van der Waals surface area contributed by atoms with E-state index < -0.39 is 23.9 Å². The molecule has 124 valence electrons. The van der Waals surface area contributed by atoms with Crippen molar-refractivity contribution < 1.29 is 19.7 Å². The van der Waals surface area contributed by atoms with Crippen LogP contribution < -0.4 is 5.32 Å². The van der Waals surface area contributed by atoms with Crippen LogP contribution in [0.5, 0.6) is 0 Å². The zero-order chi connectivity index (χ0) is 16.9. The summed E-state index contributed by atoms with van der Waals surface area (Å²) in [5.41, 5.74) is 1.63. The Morgan fingerprint density at radius 1 is 1.27 bits per heavy atom. The monoisotopic (exact) mass is 310 g/mol.